The highest BCUT2D eigenvalue weighted by molar-refractivity contribution is 7.99. The first-order chi connectivity index (χ1) is 12.9. The van der Waals surface area contributed by atoms with Crippen molar-refractivity contribution in [2.24, 2.45) is 0 Å². The van der Waals surface area contributed by atoms with E-state index in [2.05, 4.69) is 15.0 Å². The number of fused-ring (bicyclic) bond motifs is 1. The largest absolute Gasteiger partial charge is 0.337 e. The van der Waals surface area contributed by atoms with Crippen molar-refractivity contribution in [3.05, 3.63) is 63.1 Å². The molecule has 3 N–H and O–H groups in total. The highest BCUT2D eigenvalue weighted by atomic mass is 32.2. The third kappa shape index (κ3) is 3.26. The van der Waals surface area contributed by atoms with E-state index in [9.17, 15) is 4.79 Å². The van der Waals surface area contributed by atoms with Crippen LogP contribution in [-0.2, 0) is 0 Å². The van der Waals surface area contributed by atoms with Crippen molar-refractivity contribution in [2.75, 3.05) is 5.84 Å². The maximum atomic E-state index is 12.5. The molecule has 1 aromatic carbocycles. The van der Waals surface area contributed by atoms with Crippen LogP contribution in [-0.4, -0.2) is 19.6 Å². The average molecular weight is 398 g/mol. The second-order valence-corrected chi connectivity index (χ2v) is 8.87. The number of thiophene rings is 1. The maximum Gasteiger partial charge on any atom is 0.259 e. The van der Waals surface area contributed by atoms with Crippen LogP contribution >= 0.6 is 23.1 Å². The van der Waals surface area contributed by atoms with Gasteiger partial charge >= 0.3 is 0 Å². The van der Waals surface area contributed by atoms with Gasteiger partial charge in [0.1, 0.15) is 10.7 Å². The molecule has 0 saturated heterocycles. The average Bonchev–Trinajstić information content (AvgIpc) is 3.16. The Hall–Kier alpha value is -2.58. The Bertz CT molecular complexity index is 1180. The molecule has 4 rings (SSSR count). The molecule has 0 spiro atoms. The number of H-pyrrole nitrogens is 1. The van der Waals surface area contributed by atoms with Gasteiger partial charge in [0, 0.05) is 10.4 Å². The third-order valence-corrected chi connectivity index (χ3v) is 6.68. The topological polar surface area (TPSA) is 89.6 Å². The van der Waals surface area contributed by atoms with E-state index in [1.54, 1.807) is 17.5 Å². The molecule has 4 aromatic rings. The normalized spacial score (nSPS) is 12.6. The van der Waals surface area contributed by atoms with Crippen molar-refractivity contribution < 1.29 is 0 Å². The summed E-state index contributed by atoms with van der Waals surface area (Å²) in [6, 6.07) is 9.89. The molecule has 0 aliphatic rings. The molecule has 0 fully saturated rings. The summed E-state index contributed by atoms with van der Waals surface area (Å²) < 4.78 is 1.51. The molecular formula is C19H19N5OS2. The number of hydrogen-bond donors (Lipinski definition) is 2. The second-order valence-electron chi connectivity index (χ2n) is 6.36. The maximum absolute atomic E-state index is 12.5. The minimum absolute atomic E-state index is 0.0923. The molecule has 3 heterocycles. The van der Waals surface area contributed by atoms with Gasteiger partial charge < -0.3 is 10.8 Å². The molecule has 0 aliphatic carbocycles. The summed E-state index contributed by atoms with van der Waals surface area (Å²) in [6.45, 7) is 5.95. The zero-order chi connectivity index (χ0) is 19.1. The SMILES string of the molecule is Cc1sc2nc([C@H](C)Sc3nc(-c4ccccc4)cn3N)[nH]c(=O)c2c1C. The molecule has 8 heteroatoms. The summed E-state index contributed by atoms with van der Waals surface area (Å²) >= 11 is 3.02. The van der Waals surface area contributed by atoms with Gasteiger partial charge in [-0.2, -0.15) is 0 Å². The van der Waals surface area contributed by atoms with Gasteiger partial charge in [-0.05, 0) is 26.3 Å². The predicted molar refractivity (Wildman–Crippen MR) is 112 cm³/mol. The first-order valence-electron chi connectivity index (χ1n) is 8.50. The van der Waals surface area contributed by atoms with Gasteiger partial charge in [-0.15, -0.1) is 11.3 Å². The Balaban J connectivity index is 1.65. The summed E-state index contributed by atoms with van der Waals surface area (Å²) in [6.07, 6.45) is 1.80. The molecule has 138 valence electrons. The Morgan fingerprint density at radius 2 is 1.96 bits per heavy atom. The fourth-order valence-electron chi connectivity index (χ4n) is 2.89. The van der Waals surface area contributed by atoms with Crippen LogP contribution < -0.4 is 11.4 Å². The minimum atomic E-state index is -0.0989. The Morgan fingerprint density at radius 3 is 2.70 bits per heavy atom. The van der Waals surface area contributed by atoms with Crippen LogP contribution in [0.4, 0.5) is 0 Å². The van der Waals surface area contributed by atoms with E-state index in [0.717, 1.165) is 26.5 Å². The van der Waals surface area contributed by atoms with Crippen LogP contribution in [0.5, 0.6) is 0 Å². The van der Waals surface area contributed by atoms with E-state index in [0.29, 0.717) is 16.4 Å². The number of nitrogens with zero attached hydrogens (tertiary/aromatic N) is 3. The zero-order valence-electron chi connectivity index (χ0n) is 15.2. The van der Waals surface area contributed by atoms with E-state index in [1.165, 1.54) is 16.4 Å². The number of nitrogens with one attached hydrogen (secondary N) is 1. The number of aryl methyl sites for hydroxylation is 2. The first kappa shape index (κ1) is 17.8. The quantitative estimate of drug-likeness (QED) is 0.401. The first-order valence-corrected chi connectivity index (χ1v) is 10.2. The molecule has 1 atom stereocenters. The molecule has 6 nitrogen and oxygen atoms in total. The van der Waals surface area contributed by atoms with Gasteiger partial charge in [-0.1, -0.05) is 42.1 Å². The summed E-state index contributed by atoms with van der Waals surface area (Å²) in [5.41, 5.74) is 2.73. The molecule has 0 radical (unpaired) electrons. The summed E-state index contributed by atoms with van der Waals surface area (Å²) in [4.78, 5) is 26.6. The van der Waals surface area contributed by atoms with Gasteiger partial charge in [0.25, 0.3) is 5.56 Å². The molecule has 3 aromatic heterocycles. The number of rotatable bonds is 4. The molecular weight excluding hydrogens is 378 g/mol. The van der Waals surface area contributed by atoms with E-state index in [-0.39, 0.29) is 10.8 Å². The van der Waals surface area contributed by atoms with Gasteiger partial charge in [0.05, 0.1) is 22.5 Å². The minimum Gasteiger partial charge on any atom is -0.337 e. The molecule has 27 heavy (non-hydrogen) atoms. The van der Waals surface area contributed by atoms with Crippen molar-refractivity contribution in [3.8, 4) is 11.3 Å². The summed E-state index contributed by atoms with van der Waals surface area (Å²) in [5, 5.41) is 1.26. The van der Waals surface area contributed by atoms with Crippen LogP contribution in [0.1, 0.15) is 28.4 Å². The lowest BCUT2D eigenvalue weighted by atomic mass is 10.2. The zero-order valence-corrected chi connectivity index (χ0v) is 16.8. The number of aromatic nitrogens is 4. The lowest BCUT2D eigenvalue weighted by molar-refractivity contribution is 0.837. The Morgan fingerprint density at radius 1 is 1.22 bits per heavy atom. The van der Waals surface area contributed by atoms with Crippen molar-refractivity contribution in [1.29, 1.82) is 0 Å². The van der Waals surface area contributed by atoms with E-state index < -0.39 is 0 Å². The molecule has 0 amide bonds. The summed E-state index contributed by atoms with van der Waals surface area (Å²) in [7, 11) is 0. The van der Waals surface area contributed by atoms with Gasteiger partial charge in [-0.25, -0.2) is 14.6 Å². The smallest absolute Gasteiger partial charge is 0.259 e. The van der Waals surface area contributed by atoms with Crippen LogP contribution in [0, 0.1) is 13.8 Å². The van der Waals surface area contributed by atoms with E-state index in [4.69, 9.17) is 5.84 Å². The number of aromatic amines is 1. The highest BCUT2D eigenvalue weighted by Crippen LogP contribution is 2.34. The molecule has 0 saturated carbocycles. The van der Waals surface area contributed by atoms with Gasteiger partial charge in [0.2, 0.25) is 0 Å². The van der Waals surface area contributed by atoms with Gasteiger partial charge in [-0.3, -0.25) is 4.79 Å². The standard InChI is InChI=1S/C19H19N5OS2/c1-10-11(2)26-18-15(10)17(25)22-16(23-18)12(3)27-19-21-14(9-24(19)20)13-7-5-4-6-8-13/h4-9,12H,20H2,1-3H3,(H,22,23,25)/t12-/m0/s1. The number of benzene rings is 1. The molecule has 0 unspecified atom stereocenters. The van der Waals surface area contributed by atoms with Crippen LogP contribution in [0.3, 0.4) is 0 Å². The fraction of sp³-hybridized carbons (Fsp3) is 0.211. The monoisotopic (exact) mass is 397 g/mol. The summed E-state index contributed by atoms with van der Waals surface area (Å²) in [5.74, 6) is 6.72. The van der Waals surface area contributed by atoms with Crippen molar-refractivity contribution in [3.63, 3.8) is 0 Å². The fourth-order valence-corrected chi connectivity index (χ4v) is 4.79. The predicted octanol–water partition coefficient (Wildman–Crippen LogP) is 4.03. The Kier molecular flexibility index (Phi) is 4.53. The second kappa shape index (κ2) is 6.86. The van der Waals surface area contributed by atoms with Crippen LogP contribution in [0.15, 0.2) is 46.5 Å². The molecule has 0 aliphatic heterocycles. The lowest BCUT2D eigenvalue weighted by Gasteiger charge is -2.09. The third-order valence-electron chi connectivity index (χ3n) is 4.49. The number of imidazole rings is 1. The van der Waals surface area contributed by atoms with Crippen LogP contribution in [0.2, 0.25) is 0 Å². The number of hydrogen-bond acceptors (Lipinski definition) is 6. The van der Waals surface area contributed by atoms with Gasteiger partial charge in [0.15, 0.2) is 5.16 Å². The number of nitrogens with two attached hydrogens (primary N) is 1. The lowest BCUT2D eigenvalue weighted by Crippen LogP contribution is -2.13. The van der Waals surface area contributed by atoms with Crippen molar-refractivity contribution in [1.82, 2.24) is 19.6 Å². The number of nitrogen functional groups attached to an aromatic ring is 1. The highest BCUT2D eigenvalue weighted by Gasteiger charge is 2.18. The van der Waals surface area contributed by atoms with E-state index >= 15 is 0 Å². The number of thioether (sulfide) groups is 1. The molecule has 0 bridgehead atoms. The van der Waals surface area contributed by atoms with E-state index in [1.807, 2.05) is 51.1 Å². The van der Waals surface area contributed by atoms with Crippen molar-refractivity contribution in [2.45, 2.75) is 31.2 Å². The van der Waals surface area contributed by atoms with Crippen LogP contribution in [0.25, 0.3) is 21.5 Å². The Labute approximate surface area is 164 Å². The van der Waals surface area contributed by atoms with Crippen molar-refractivity contribution >= 4 is 33.3 Å².